The Morgan fingerprint density at radius 3 is 2.60 bits per heavy atom. The van der Waals surface area contributed by atoms with Crippen molar-refractivity contribution in [3.63, 3.8) is 0 Å². The van der Waals surface area contributed by atoms with Crippen LogP contribution in [0.15, 0.2) is 59.4 Å². The molecule has 1 aliphatic rings. The predicted molar refractivity (Wildman–Crippen MR) is 156 cm³/mol. The summed E-state index contributed by atoms with van der Waals surface area (Å²) in [7, 11) is 0. The molecule has 1 saturated heterocycles. The molecule has 0 amide bonds. The van der Waals surface area contributed by atoms with Gasteiger partial charge in [0, 0.05) is 55.4 Å². The molecule has 40 heavy (non-hydrogen) atoms. The number of aromatic nitrogens is 3. The topological polar surface area (TPSA) is 82.1 Å². The van der Waals surface area contributed by atoms with Crippen LogP contribution in [-0.4, -0.2) is 64.7 Å². The normalized spacial score (nSPS) is 14.8. The molecule has 5 heterocycles. The first kappa shape index (κ1) is 26.7. The molecule has 0 radical (unpaired) electrons. The number of fused-ring (bicyclic) bond motifs is 3. The lowest BCUT2D eigenvalue weighted by Gasteiger charge is -2.26. The second kappa shape index (κ2) is 11.2. The lowest BCUT2D eigenvalue weighted by molar-refractivity contribution is -0.117. The molecule has 0 bridgehead atoms. The van der Waals surface area contributed by atoms with E-state index >= 15 is 0 Å². The smallest absolute Gasteiger partial charge is 0.155 e. The number of ketones is 1. The quantitative estimate of drug-likeness (QED) is 0.234. The van der Waals surface area contributed by atoms with Gasteiger partial charge in [-0.25, -0.2) is 4.98 Å². The molecule has 0 atom stereocenters. The molecular formula is C31H34N4O4S. The molecule has 0 N–H and O–H groups in total. The molecule has 1 aromatic carbocycles. The van der Waals surface area contributed by atoms with Crippen LogP contribution in [-0.2, 0) is 27.8 Å². The van der Waals surface area contributed by atoms with Gasteiger partial charge in [-0.15, -0.1) is 11.3 Å². The molecule has 9 heteroatoms. The number of nitrogens with zero attached hydrogens (tertiary/aromatic N) is 4. The van der Waals surface area contributed by atoms with E-state index in [1.54, 1.807) is 11.3 Å². The van der Waals surface area contributed by atoms with Crippen LogP contribution in [0.3, 0.4) is 0 Å². The fraction of sp³-hybridized carbons (Fsp3) is 0.387. The summed E-state index contributed by atoms with van der Waals surface area (Å²) in [6.45, 7) is 11.2. The average Bonchev–Trinajstić information content (AvgIpc) is 3.64. The van der Waals surface area contributed by atoms with E-state index < -0.39 is 0 Å². The van der Waals surface area contributed by atoms with Gasteiger partial charge < -0.3 is 14.0 Å². The zero-order valence-electron chi connectivity index (χ0n) is 23.2. The summed E-state index contributed by atoms with van der Waals surface area (Å²) in [5.41, 5.74) is 4.71. The molecule has 6 rings (SSSR count). The first-order valence-electron chi connectivity index (χ1n) is 13.7. The van der Waals surface area contributed by atoms with E-state index in [1.807, 2.05) is 24.4 Å². The van der Waals surface area contributed by atoms with Crippen molar-refractivity contribution in [3.8, 4) is 16.9 Å². The highest BCUT2D eigenvalue weighted by molar-refractivity contribution is 7.23. The number of thiazole rings is 1. The predicted octanol–water partition coefficient (Wildman–Crippen LogP) is 5.57. The van der Waals surface area contributed by atoms with Crippen molar-refractivity contribution < 1.29 is 18.8 Å². The van der Waals surface area contributed by atoms with Gasteiger partial charge in [0.05, 0.1) is 36.2 Å². The molecule has 0 aliphatic carbocycles. The Balaban J connectivity index is 1.08. The molecule has 1 fully saturated rings. The van der Waals surface area contributed by atoms with E-state index in [2.05, 4.69) is 65.7 Å². The Bertz CT molecular complexity index is 1620. The molecule has 0 saturated carbocycles. The van der Waals surface area contributed by atoms with Gasteiger partial charge in [0.15, 0.2) is 5.65 Å². The highest BCUT2D eigenvalue weighted by Gasteiger charge is 2.20. The zero-order valence-corrected chi connectivity index (χ0v) is 24.0. The SMILES string of the molecule is CC(C)(C)c1cc(CC(=O)Cc2ccc(-c3cc4sc5cc(OCCN6CCOCC6)cnc5n4c3)cc2)no1. The minimum atomic E-state index is -0.124. The van der Waals surface area contributed by atoms with E-state index in [-0.39, 0.29) is 17.6 Å². The minimum Gasteiger partial charge on any atom is -0.491 e. The van der Waals surface area contributed by atoms with Crippen LogP contribution in [0.25, 0.3) is 26.3 Å². The lowest BCUT2D eigenvalue weighted by atomic mass is 9.93. The molecule has 5 aromatic rings. The highest BCUT2D eigenvalue weighted by atomic mass is 32.1. The van der Waals surface area contributed by atoms with Crippen LogP contribution < -0.4 is 4.74 Å². The Kier molecular flexibility index (Phi) is 7.44. The number of carbonyl (C=O) groups excluding carboxylic acids is 1. The number of ether oxygens (including phenoxy) is 2. The summed E-state index contributed by atoms with van der Waals surface area (Å²) >= 11 is 1.70. The summed E-state index contributed by atoms with van der Waals surface area (Å²) in [4.78, 5) is 20.8. The Morgan fingerprint density at radius 1 is 1.05 bits per heavy atom. The molecule has 8 nitrogen and oxygen atoms in total. The monoisotopic (exact) mass is 558 g/mol. The molecular weight excluding hydrogens is 524 g/mol. The van der Waals surface area contributed by atoms with Crippen molar-refractivity contribution in [2.75, 3.05) is 39.5 Å². The summed E-state index contributed by atoms with van der Waals surface area (Å²) in [5, 5.41) is 4.08. The molecule has 4 aromatic heterocycles. The largest absolute Gasteiger partial charge is 0.491 e. The second-order valence-corrected chi connectivity index (χ2v) is 12.4. The van der Waals surface area contributed by atoms with E-state index in [0.29, 0.717) is 18.7 Å². The van der Waals surface area contributed by atoms with Crippen LogP contribution >= 0.6 is 11.3 Å². The first-order valence-corrected chi connectivity index (χ1v) is 14.5. The van der Waals surface area contributed by atoms with Crippen LogP contribution in [0.5, 0.6) is 5.75 Å². The maximum atomic E-state index is 12.7. The van der Waals surface area contributed by atoms with Crippen LogP contribution in [0, 0.1) is 0 Å². The number of hydrogen-bond acceptors (Lipinski definition) is 8. The summed E-state index contributed by atoms with van der Waals surface area (Å²) < 4.78 is 20.0. The third kappa shape index (κ3) is 5.96. The maximum Gasteiger partial charge on any atom is 0.155 e. The number of Topliss-reactive ketones (excluding diaryl/α,β-unsaturated/α-hetero) is 1. The number of carbonyl (C=O) groups is 1. The fourth-order valence-electron chi connectivity index (χ4n) is 4.88. The number of pyridine rings is 1. The van der Waals surface area contributed by atoms with E-state index in [9.17, 15) is 4.79 Å². The van der Waals surface area contributed by atoms with Gasteiger partial charge in [-0.3, -0.25) is 14.1 Å². The summed E-state index contributed by atoms with van der Waals surface area (Å²) in [6, 6.07) is 14.4. The van der Waals surface area contributed by atoms with E-state index in [0.717, 1.165) is 76.2 Å². The highest BCUT2D eigenvalue weighted by Crippen LogP contribution is 2.33. The molecule has 208 valence electrons. The van der Waals surface area contributed by atoms with Crippen molar-refractivity contribution >= 4 is 32.3 Å². The van der Waals surface area contributed by atoms with Crippen molar-refractivity contribution in [1.29, 1.82) is 0 Å². The third-order valence-electron chi connectivity index (χ3n) is 7.18. The maximum absolute atomic E-state index is 12.7. The first-order chi connectivity index (χ1) is 19.3. The summed E-state index contributed by atoms with van der Waals surface area (Å²) in [6.07, 6.45) is 4.58. The zero-order chi connectivity index (χ0) is 27.7. The number of benzene rings is 1. The minimum absolute atomic E-state index is 0.118. The van der Waals surface area contributed by atoms with Crippen molar-refractivity contribution in [1.82, 2.24) is 19.4 Å². The van der Waals surface area contributed by atoms with Gasteiger partial charge in [0.2, 0.25) is 0 Å². The number of morpholine rings is 1. The standard InChI is InChI=1S/C31H34N4O4S/c1-31(2,3)28-17-24(33-39-28)16-25(36)14-21-4-6-22(7-5-21)23-15-29-35(20-23)30-27(40-29)18-26(19-32-30)38-13-10-34-8-11-37-12-9-34/h4-7,15,17-20H,8-14,16H2,1-3H3. The van der Waals surface area contributed by atoms with Crippen molar-refractivity contribution in [2.45, 2.75) is 39.0 Å². The second-order valence-electron chi connectivity index (χ2n) is 11.4. The van der Waals surface area contributed by atoms with Gasteiger partial charge in [-0.1, -0.05) is 50.2 Å². The van der Waals surface area contributed by atoms with Gasteiger partial charge in [0.1, 0.15) is 28.7 Å². The van der Waals surface area contributed by atoms with E-state index in [1.165, 1.54) is 0 Å². The lowest BCUT2D eigenvalue weighted by Crippen LogP contribution is -2.38. The average molecular weight is 559 g/mol. The van der Waals surface area contributed by atoms with E-state index in [4.69, 9.17) is 19.0 Å². The van der Waals surface area contributed by atoms with Gasteiger partial charge in [-0.2, -0.15) is 0 Å². The van der Waals surface area contributed by atoms with Gasteiger partial charge in [0.25, 0.3) is 0 Å². The molecule has 0 spiro atoms. The molecule has 1 aliphatic heterocycles. The van der Waals surface area contributed by atoms with Crippen LogP contribution in [0.2, 0.25) is 0 Å². The van der Waals surface area contributed by atoms with Crippen molar-refractivity contribution in [3.05, 3.63) is 71.9 Å². The van der Waals surface area contributed by atoms with Gasteiger partial charge in [-0.05, 0) is 17.2 Å². The van der Waals surface area contributed by atoms with Crippen LogP contribution in [0.1, 0.15) is 37.8 Å². The van der Waals surface area contributed by atoms with Crippen molar-refractivity contribution in [2.24, 2.45) is 0 Å². The molecule has 0 unspecified atom stereocenters. The number of rotatable bonds is 9. The fourth-order valence-corrected chi connectivity index (χ4v) is 5.95. The Hall–Kier alpha value is -3.53. The third-order valence-corrected chi connectivity index (χ3v) is 8.22. The Morgan fingerprint density at radius 2 is 1.85 bits per heavy atom. The van der Waals surface area contributed by atoms with Gasteiger partial charge >= 0.3 is 0 Å². The number of hydrogen-bond donors (Lipinski definition) is 0. The van der Waals surface area contributed by atoms with Crippen LogP contribution in [0.4, 0.5) is 0 Å². The summed E-state index contributed by atoms with van der Waals surface area (Å²) in [5.74, 6) is 1.71. The Labute approximate surface area is 237 Å².